The zero-order valence-electron chi connectivity index (χ0n) is 10.6. The van der Waals surface area contributed by atoms with E-state index in [1.165, 1.54) is 12.1 Å². The monoisotopic (exact) mass is 267 g/mol. The third-order valence-electron chi connectivity index (χ3n) is 3.56. The van der Waals surface area contributed by atoms with E-state index < -0.39 is 11.7 Å². The Hall–Kier alpha value is -1.62. The molecule has 3 N–H and O–H groups in total. The highest BCUT2D eigenvalue weighted by Gasteiger charge is 2.20. The van der Waals surface area contributed by atoms with E-state index in [9.17, 15) is 14.3 Å². The maximum Gasteiger partial charge on any atom is 0.254 e. The van der Waals surface area contributed by atoms with Crippen LogP contribution in [0.3, 0.4) is 0 Å². The van der Waals surface area contributed by atoms with Gasteiger partial charge in [-0.3, -0.25) is 4.79 Å². The topological polar surface area (TPSA) is 69.6 Å². The second-order valence-corrected chi connectivity index (χ2v) is 5.05. The van der Waals surface area contributed by atoms with Crippen molar-refractivity contribution in [3.05, 3.63) is 29.6 Å². The number of aliphatic hydroxyl groups is 1. The minimum Gasteiger partial charge on any atom is -0.508 e. The Bertz CT molecular complexity index is 456. The summed E-state index contributed by atoms with van der Waals surface area (Å²) in [6, 6.07) is 3.48. The highest BCUT2D eigenvalue weighted by molar-refractivity contribution is 5.94. The summed E-state index contributed by atoms with van der Waals surface area (Å²) in [4.78, 5) is 11.8. The van der Waals surface area contributed by atoms with Gasteiger partial charge in [-0.25, -0.2) is 4.39 Å². The number of carbonyl (C=O) groups excluding carboxylic acids is 1. The zero-order chi connectivity index (χ0) is 13.8. The molecule has 4 nitrogen and oxygen atoms in total. The van der Waals surface area contributed by atoms with Crippen molar-refractivity contribution in [2.75, 3.05) is 6.54 Å². The van der Waals surface area contributed by atoms with Gasteiger partial charge in [0, 0.05) is 12.6 Å². The second kappa shape index (κ2) is 6.02. The van der Waals surface area contributed by atoms with Crippen LogP contribution in [0.15, 0.2) is 18.2 Å². The van der Waals surface area contributed by atoms with E-state index in [1.807, 2.05) is 0 Å². The average molecular weight is 267 g/mol. The fraction of sp³-hybridized carbons (Fsp3) is 0.500. The first-order valence-corrected chi connectivity index (χ1v) is 6.51. The number of phenolic OH excluding ortho intramolecular Hbond substituents is 1. The molecule has 5 heteroatoms. The third kappa shape index (κ3) is 3.67. The largest absolute Gasteiger partial charge is 0.508 e. The number of rotatable bonds is 3. The number of aromatic hydroxyl groups is 1. The highest BCUT2D eigenvalue weighted by Crippen LogP contribution is 2.23. The summed E-state index contributed by atoms with van der Waals surface area (Å²) in [5.41, 5.74) is -0.0614. The lowest BCUT2D eigenvalue weighted by molar-refractivity contribution is 0.0907. The van der Waals surface area contributed by atoms with Crippen LogP contribution in [-0.2, 0) is 0 Å². The molecule has 1 aromatic rings. The molecule has 104 valence electrons. The molecule has 0 aromatic heterocycles. The SMILES string of the molecule is O=C(NCC1CCC(O)CC1)c1ccc(O)cc1F. The number of nitrogens with one attached hydrogen (secondary N) is 1. The Morgan fingerprint density at radius 2 is 2.00 bits per heavy atom. The summed E-state index contributed by atoms with van der Waals surface area (Å²) in [7, 11) is 0. The number of halogens is 1. The van der Waals surface area contributed by atoms with Gasteiger partial charge >= 0.3 is 0 Å². The molecule has 19 heavy (non-hydrogen) atoms. The van der Waals surface area contributed by atoms with Gasteiger partial charge in [0.25, 0.3) is 5.91 Å². The Labute approximate surface area is 111 Å². The number of hydrogen-bond donors (Lipinski definition) is 3. The van der Waals surface area contributed by atoms with Gasteiger partial charge in [0.15, 0.2) is 0 Å². The molecule has 1 aliphatic carbocycles. The molecule has 1 fully saturated rings. The minimum atomic E-state index is -0.725. The molecular weight excluding hydrogens is 249 g/mol. The van der Waals surface area contributed by atoms with Crippen LogP contribution < -0.4 is 5.32 Å². The standard InChI is InChI=1S/C14H18FNO3/c15-13-7-11(18)5-6-12(13)14(19)16-8-9-1-3-10(17)4-2-9/h5-7,9-10,17-18H,1-4,8H2,(H,16,19). The van der Waals surface area contributed by atoms with Crippen LogP contribution in [0.4, 0.5) is 4.39 Å². The lowest BCUT2D eigenvalue weighted by Crippen LogP contribution is -2.32. The fourth-order valence-corrected chi connectivity index (χ4v) is 2.37. The van der Waals surface area contributed by atoms with Crippen LogP contribution in [0.5, 0.6) is 5.75 Å². The van der Waals surface area contributed by atoms with Gasteiger partial charge < -0.3 is 15.5 Å². The number of phenols is 1. The highest BCUT2D eigenvalue weighted by atomic mass is 19.1. The smallest absolute Gasteiger partial charge is 0.254 e. The van der Waals surface area contributed by atoms with Gasteiger partial charge in [0.05, 0.1) is 11.7 Å². The van der Waals surface area contributed by atoms with Crippen molar-refractivity contribution >= 4 is 5.91 Å². The third-order valence-corrected chi connectivity index (χ3v) is 3.56. The van der Waals surface area contributed by atoms with Crippen molar-refractivity contribution in [2.24, 2.45) is 5.92 Å². The molecule has 0 unspecified atom stereocenters. The molecule has 0 bridgehead atoms. The lowest BCUT2D eigenvalue weighted by Gasteiger charge is -2.25. The van der Waals surface area contributed by atoms with E-state index in [2.05, 4.69) is 5.32 Å². The first kappa shape index (κ1) is 13.8. The lowest BCUT2D eigenvalue weighted by atomic mass is 9.87. The summed E-state index contributed by atoms with van der Waals surface area (Å²) in [5.74, 6) is -1.05. The number of benzene rings is 1. The summed E-state index contributed by atoms with van der Waals surface area (Å²) >= 11 is 0. The van der Waals surface area contributed by atoms with E-state index in [0.717, 1.165) is 31.7 Å². The predicted molar refractivity (Wildman–Crippen MR) is 68.4 cm³/mol. The Morgan fingerprint density at radius 1 is 1.32 bits per heavy atom. The maximum absolute atomic E-state index is 13.5. The average Bonchev–Trinajstić information content (AvgIpc) is 2.37. The normalized spacial score (nSPS) is 23.1. The maximum atomic E-state index is 13.5. The van der Waals surface area contributed by atoms with Crippen molar-refractivity contribution in [1.29, 1.82) is 0 Å². The van der Waals surface area contributed by atoms with E-state index in [4.69, 9.17) is 5.11 Å². The molecule has 0 spiro atoms. The summed E-state index contributed by atoms with van der Waals surface area (Å²) in [5, 5.41) is 21.2. The van der Waals surface area contributed by atoms with Crippen LogP contribution in [0.2, 0.25) is 0 Å². The Kier molecular flexibility index (Phi) is 4.37. The van der Waals surface area contributed by atoms with Crippen LogP contribution in [0.25, 0.3) is 0 Å². The van der Waals surface area contributed by atoms with Crippen LogP contribution in [0, 0.1) is 11.7 Å². The number of amides is 1. The van der Waals surface area contributed by atoms with E-state index in [1.54, 1.807) is 0 Å². The Morgan fingerprint density at radius 3 is 2.63 bits per heavy atom. The predicted octanol–water partition coefficient (Wildman–Crippen LogP) is 1.81. The summed E-state index contributed by atoms with van der Waals surface area (Å²) in [6.45, 7) is 0.492. The van der Waals surface area contributed by atoms with Gasteiger partial charge in [-0.15, -0.1) is 0 Å². The molecule has 0 atom stereocenters. The van der Waals surface area contributed by atoms with E-state index in [-0.39, 0.29) is 17.4 Å². The van der Waals surface area contributed by atoms with Crippen molar-refractivity contribution in [3.63, 3.8) is 0 Å². The van der Waals surface area contributed by atoms with Crippen molar-refractivity contribution in [1.82, 2.24) is 5.32 Å². The van der Waals surface area contributed by atoms with Gasteiger partial charge in [0.2, 0.25) is 0 Å². The molecule has 0 radical (unpaired) electrons. The molecule has 0 heterocycles. The van der Waals surface area contributed by atoms with Crippen LogP contribution in [-0.4, -0.2) is 28.8 Å². The molecular formula is C14H18FNO3. The second-order valence-electron chi connectivity index (χ2n) is 5.05. The minimum absolute atomic E-state index is 0.0614. The first-order valence-electron chi connectivity index (χ1n) is 6.51. The van der Waals surface area contributed by atoms with Crippen LogP contribution >= 0.6 is 0 Å². The fourth-order valence-electron chi connectivity index (χ4n) is 2.37. The van der Waals surface area contributed by atoms with E-state index >= 15 is 0 Å². The molecule has 1 aliphatic rings. The molecule has 1 aromatic carbocycles. The van der Waals surface area contributed by atoms with Crippen molar-refractivity contribution in [3.8, 4) is 5.75 Å². The summed E-state index contributed by atoms with van der Waals surface area (Å²) < 4.78 is 13.5. The molecule has 2 rings (SSSR count). The van der Waals surface area contributed by atoms with Crippen molar-refractivity contribution in [2.45, 2.75) is 31.8 Å². The molecule has 0 saturated heterocycles. The van der Waals surface area contributed by atoms with Gasteiger partial charge in [-0.1, -0.05) is 0 Å². The molecule has 0 aliphatic heterocycles. The summed E-state index contributed by atoms with van der Waals surface area (Å²) in [6.07, 6.45) is 3.04. The van der Waals surface area contributed by atoms with Crippen LogP contribution in [0.1, 0.15) is 36.0 Å². The zero-order valence-corrected chi connectivity index (χ0v) is 10.6. The quantitative estimate of drug-likeness (QED) is 0.782. The number of carbonyl (C=O) groups is 1. The van der Waals surface area contributed by atoms with E-state index in [0.29, 0.717) is 12.5 Å². The number of hydrogen-bond acceptors (Lipinski definition) is 3. The van der Waals surface area contributed by atoms with Gasteiger partial charge in [-0.05, 0) is 43.7 Å². The van der Waals surface area contributed by atoms with Crippen molar-refractivity contribution < 1.29 is 19.4 Å². The molecule has 1 saturated carbocycles. The Balaban J connectivity index is 1.87. The molecule has 1 amide bonds. The van der Waals surface area contributed by atoms with Gasteiger partial charge in [-0.2, -0.15) is 0 Å². The number of aliphatic hydroxyl groups excluding tert-OH is 1. The van der Waals surface area contributed by atoms with Gasteiger partial charge in [0.1, 0.15) is 11.6 Å². The first-order chi connectivity index (χ1) is 9.06.